The Kier molecular flexibility index (Phi) is 5.74. The highest BCUT2D eigenvalue weighted by Crippen LogP contribution is 2.33. The van der Waals surface area contributed by atoms with Gasteiger partial charge in [0.15, 0.2) is 5.57 Å². The van der Waals surface area contributed by atoms with Gasteiger partial charge in [-0.3, -0.25) is 4.99 Å². The largest absolute Gasteiger partial charge is 0.496 e. The zero-order valence-corrected chi connectivity index (χ0v) is 15.8. The van der Waals surface area contributed by atoms with Gasteiger partial charge in [-0.1, -0.05) is 36.4 Å². The topological polar surface area (TPSA) is 86.2 Å². The minimum absolute atomic E-state index is 0.0571. The first-order chi connectivity index (χ1) is 13.6. The van der Waals surface area contributed by atoms with Crippen molar-refractivity contribution in [1.29, 1.82) is 0 Å². The molecule has 1 N–H and O–H groups in total. The van der Waals surface area contributed by atoms with Gasteiger partial charge in [0.05, 0.1) is 50.5 Å². The number of carbonyl (C=O) groups excluding carboxylic acids is 2. The molecular formula is C21H20N2O5. The second kappa shape index (κ2) is 8.39. The second-order valence-electron chi connectivity index (χ2n) is 5.88. The molecule has 7 nitrogen and oxygen atoms in total. The molecule has 0 saturated heterocycles. The summed E-state index contributed by atoms with van der Waals surface area (Å²) in [5.41, 5.74) is 3.02. The quantitative estimate of drug-likeness (QED) is 0.380. The van der Waals surface area contributed by atoms with Crippen LogP contribution in [0, 0.1) is 0 Å². The lowest BCUT2D eigenvalue weighted by atomic mass is 9.99. The normalized spacial score (nSPS) is 12.7. The number of nitrogens with one attached hydrogen (secondary N) is 1. The Morgan fingerprint density at radius 1 is 0.929 bits per heavy atom. The van der Waals surface area contributed by atoms with Gasteiger partial charge in [-0.05, 0) is 12.1 Å². The maximum atomic E-state index is 12.2. The van der Waals surface area contributed by atoms with E-state index in [2.05, 4.69) is 10.3 Å². The van der Waals surface area contributed by atoms with Crippen LogP contribution < -0.4 is 10.1 Å². The SMILES string of the molecule is COC(=O)C(C(=O)OC)=C1CN=C(c2ccccc2)c2c(cccc2OC)N1. The Balaban J connectivity index is 2.25. The van der Waals surface area contributed by atoms with Crippen molar-refractivity contribution in [3.05, 3.63) is 70.9 Å². The average molecular weight is 380 g/mol. The van der Waals surface area contributed by atoms with Gasteiger partial charge in [0.25, 0.3) is 0 Å². The highest BCUT2D eigenvalue weighted by Gasteiger charge is 2.28. The molecule has 0 saturated carbocycles. The maximum Gasteiger partial charge on any atom is 0.347 e. The molecule has 0 fully saturated rings. The molecule has 144 valence electrons. The highest BCUT2D eigenvalue weighted by atomic mass is 16.5. The summed E-state index contributed by atoms with van der Waals surface area (Å²) in [5.74, 6) is -0.971. The van der Waals surface area contributed by atoms with Crippen molar-refractivity contribution in [3.8, 4) is 5.75 Å². The van der Waals surface area contributed by atoms with Gasteiger partial charge in [-0.25, -0.2) is 9.59 Å². The molecule has 0 radical (unpaired) electrons. The third-order valence-electron chi connectivity index (χ3n) is 4.29. The van der Waals surface area contributed by atoms with Crippen LogP contribution in [0.15, 0.2) is 64.8 Å². The molecule has 2 aromatic carbocycles. The van der Waals surface area contributed by atoms with E-state index in [0.717, 1.165) is 11.1 Å². The fraction of sp³-hybridized carbons (Fsp3) is 0.190. The van der Waals surface area contributed by atoms with Gasteiger partial charge in [-0.2, -0.15) is 0 Å². The van der Waals surface area contributed by atoms with Crippen LogP contribution in [0.25, 0.3) is 0 Å². The Labute approximate surface area is 162 Å². The molecule has 0 aromatic heterocycles. The molecule has 0 bridgehead atoms. The number of rotatable bonds is 4. The maximum absolute atomic E-state index is 12.2. The summed E-state index contributed by atoms with van der Waals surface area (Å²) in [6, 6.07) is 15.1. The fourth-order valence-electron chi connectivity index (χ4n) is 3.00. The van der Waals surface area contributed by atoms with Crippen LogP contribution in [0.5, 0.6) is 5.75 Å². The Hall–Kier alpha value is -3.61. The number of methoxy groups -OCH3 is 3. The lowest BCUT2D eigenvalue weighted by Gasteiger charge is -2.16. The number of esters is 2. The van der Waals surface area contributed by atoms with Crippen LogP contribution >= 0.6 is 0 Å². The Bertz CT molecular complexity index is 946. The number of nitrogens with zero attached hydrogens (tertiary/aromatic N) is 1. The number of aliphatic imine (C=N–C) groups is 1. The van der Waals surface area contributed by atoms with Crippen molar-refractivity contribution in [2.75, 3.05) is 33.2 Å². The summed E-state index contributed by atoms with van der Waals surface area (Å²) in [6.45, 7) is 0.0571. The van der Waals surface area contributed by atoms with Crippen LogP contribution in [-0.4, -0.2) is 45.5 Å². The van der Waals surface area contributed by atoms with E-state index < -0.39 is 11.9 Å². The minimum atomic E-state index is -0.794. The van der Waals surface area contributed by atoms with Crippen LogP contribution in [-0.2, 0) is 19.1 Å². The molecule has 28 heavy (non-hydrogen) atoms. The summed E-state index contributed by atoms with van der Waals surface area (Å²) in [5, 5.41) is 3.15. The molecule has 0 atom stereocenters. The van der Waals surface area contributed by atoms with Gasteiger partial charge >= 0.3 is 11.9 Å². The van der Waals surface area contributed by atoms with E-state index in [9.17, 15) is 9.59 Å². The summed E-state index contributed by atoms with van der Waals surface area (Å²) in [4.78, 5) is 29.1. The molecule has 0 unspecified atom stereocenters. The molecule has 1 heterocycles. The van der Waals surface area contributed by atoms with Crippen molar-refractivity contribution in [1.82, 2.24) is 0 Å². The third kappa shape index (κ3) is 3.59. The molecule has 0 spiro atoms. The minimum Gasteiger partial charge on any atom is -0.496 e. The third-order valence-corrected chi connectivity index (χ3v) is 4.29. The predicted octanol–water partition coefficient (Wildman–Crippen LogP) is 2.56. The van der Waals surface area contributed by atoms with E-state index in [1.54, 1.807) is 7.11 Å². The zero-order chi connectivity index (χ0) is 20.1. The van der Waals surface area contributed by atoms with Crippen molar-refractivity contribution < 1.29 is 23.8 Å². The fourth-order valence-corrected chi connectivity index (χ4v) is 3.00. The molecular weight excluding hydrogens is 360 g/mol. The number of hydrogen-bond acceptors (Lipinski definition) is 7. The average Bonchev–Trinajstić information content (AvgIpc) is 2.93. The van der Waals surface area contributed by atoms with Crippen molar-refractivity contribution in [3.63, 3.8) is 0 Å². The van der Waals surface area contributed by atoms with Crippen molar-refractivity contribution in [2.45, 2.75) is 0 Å². The number of benzene rings is 2. The van der Waals surface area contributed by atoms with Crippen LogP contribution in [0.3, 0.4) is 0 Å². The van der Waals surface area contributed by atoms with Crippen LogP contribution in [0.4, 0.5) is 5.69 Å². The molecule has 1 aliphatic heterocycles. The molecule has 7 heteroatoms. The van der Waals surface area contributed by atoms with Gasteiger partial charge < -0.3 is 19.5 Å². The summed E-state index contributed by atoms with van der Waals surface area (Å²) in [6.07, 6.45) is 0. The second-order valence-corrected chi connectivity index (χ2v) is 5.88. The monoisotopic (exact) mass is 380 g/mol. The number of anilines is 1. The van der Waals surface area contributed by atoms with Gasteiger partial charge in [0.2, 0.25) is 0 Å². The molecule has 0 amide bonds. The number of fused-ring (bicyclic) bond motifs is 1. The number of benzodiazepines with no additional fused rings is 1. The molecule has 1 aliphatic rings. The van der Waals surface area contributed by atoms with Crippen molar-refractivity contribution in [2.24, 2.45) is 4.99 Å². The first-order valence-corrected chi connectivity index (χ1v) is 8.54. The van der Waals surface area contributed by atoms with E-state index in [1.807, 2.05) is 48.5 Å². The number of carbonyl (C=O) groups is 2. The smallest absolute Gasteiger partial charge is 0.347 e. The Morgan fingerprint density at radius 2 is 1.61 bits per heavy atom. The lowest BCUT2D eigenvalue weighted by Crippen LogP contribution is -2.22. The van der Waals surface area contributed by atoms with Gasteiger partial charge in [0.1, 0.15) is 5.75 Å². The van der Waals surface area contributed by atoms with E-state index in [0.29, 0.717) is 22.8 Å². The zero-order valence-electron chi connectivity index (χ0n) is 15.8. The number of ether oxygens (including phenoxy) is 3. The van der Waals surface area contributed by atoms with Gasteiger partial charge in [-0.15, -0.1) is 0 Å². The van der Waals surface area contributed by atoms with E-state index >= 15 is 0 Å². The summed E-state index contributed by atoms with van der Waals surface area (Å²) in [7, 11) is 3.99. The van der Waals surface area contributed by atoms with Crippen molar-refractivity contribution >= 4 is 23.3 Å². The van der Waals surface area contributed by atoms with Crippen LogP contribution in [0.1, 0.15) is 11.1 Å². The standard InChI is InChI=1S/C21H20N2O5/c1-26-16-11-7-10-14-17(16)19(13-8-5-4-6-9-13)22-12-15(23-14)18(20(24)27-2)21(25)28-3/h4-11,23H,12H2,1-3H3. The summed E-state index contributed by atoms with van der Waals surface area (Å²) >= 11 is 0. The molecule has 2 aromatic rings. The van der Waals surface area contributed by atoms with E-state index in [-0.39, 0.29) is 12.1 Å². The predicted molar refractivity (Wildman–Crippen MR) is 105 cm³/mol. The number of hydrogen-bond donors (Lipinski definition) is 1. The highest BCUT2D eigenvalue weighted by molar-refractivity contribution is 6.19. The van der Waals surface area contributed by atoms with E-state index in [1.165, 1.54) is 14.2 Å². The first kappa shape index (κ1) is 19.2. The Morgan fingerprint density at radius 3 is 2.21 bits per heavy atom. The first-order valence-electron chi connectivity index (χ1n) is 8.54. The van der Waals surface area contributed by atoms with Gasteiger partial charge in [0, 0.05) is 5.56 Å². The molecule has 3 rings (SSSR count). The summed E-state index contributed by atoms with van der Waals surface area (Å²) < 4.78 is 15.1. The molecule has 0 aliphatic carbocycles. The van der Waals surface area contributed by atoms with E-state index in [4.69, 9.17) is 14.2 Å². The van der Waals surface area contributed by atoms with Crippen LogP contribution in [0.2, 0.25) is 0 Å². The lowest BCUT2D eigenvalue weighted by molar-refractivity contribution is -0.144.